The van der Waals surface area contributed by atoms with Gasteiger partial charge in [-0.05, 0) is 19.9 Å². The van der Waals surface area contributed by atoms with Gasteiger partial charge < -0.3 is 14.6 Å². The Morgan fingerprint density at radius 1 is 1.38 bits per heavy atom. The Morgan fingerprint density at radius 3 is 2.71 bits per heavy atom. The van der Waals surface area contributed by atoms with Crippen LogP contribution in [0.1, 0.15) is 25.2 Å². The summed E-state index contributed by atoms with van der Waals surface area (Å²) in [7, 11) is 3.51. The van der Waals surface area contributed by atoms with Crippen molar-refractivity contribution in [1.29, 1.82) is 0 Å². The number of hydrogen-bond donors (Lipinski definition) is 1. The highest BCUT2D eigenvalue weighted by molar-refractivity contribution is 5.88. The van der Waals surface area contributed by atoms with E-state index in [1.807, 2.05) is 55.9 Å². The van der Waals surface area contributed by atoms with E-state index < -0.39 is 5.41 Å². The van der Waals surface area contributed by atoms with Gasteiger partial charge in [0.2, 0.25) is 5.91 Å². The summed E-state index contributed by atoms with van der Waals surface area (Å²) in [5.41, 5.74) is 0.183. The van der Waals surface area contributed by atoms with Crippen LogP contribution in [-0.4, -0.2) is 22.6 Å². The highest BCUT2D eigenvalue weighted by Crippen LogP contribution is 2.31. The second-order valence-corrected chi connectivity index (χ2v) is 5.46. The van der Waals surface area contributed by atoms with E-state index in [4.69, 9.17) is 4.74 Å². The van der Waals surface area contributed by atoms with Gasteiger partial charge in [-0.15, -0.1) is 0 Å². The lowest BCUT2D eigenvalue weighted by Gasteiger charge is -2.26. The van der Waals surface area contributed by atoms with Gasteiger partial charge in [-0.25, -0.2) is 4.98 Å². The van der Waals surface area contributed by atoms with Crippen LogP contribution in [0, 0.1) is 0 Å². The normalized spacial score (nSPS) is 11.2. The van der Waals surface area contributed by atoms with E-state index in [0.717, 1.165) is 17.1 Å². The molecule has 0 saturated carbocycles. The van der Waals surface area contributed by atoms with Gasteiger partial charge in [0.15, 0.2) is 0 Å². The number of amides is 1. The summed E-state index contributed by atoms with van der Waals surface area (Å²) in [5, 5.41) is 2.94. The van der Waals surface area contributed by atoms with Crippen molar-refractivity contribution in [2.75, 3.05) is 7.11 Å². The molecule has 5 heteroatoms. The molecule has 5 nitrogen and oxygen atoms in total. The number of aromatic nitrogens is 2. The SMILES string of the molecule is COc1ccccc1C(C)(C)C(=O)NCc1nccn1C. The van der Waals surface area contributed by atoms with E-state index in [2.05, 4.69) is 10.3 Å². The topological polar surface area (TPSA) is 56.1 Å². The molecule has 0 spiro atoms. The zero-order valence-corrected chi connectivity index (χ0v) is 12.9. The minimum absolute atomic E-state index is 0.0602. The fourth-order valence-electron chi connectivity index (χ4n) is 2.23. The smallest absolute Gasteiger partial charge is 0.230 e. The van der Waals surface area contributed by atoms with Gasteiger partial charge >= 0.3 is 0 Å². The third kappa shape index (κ3) is 3.07. The highest BCUT2D eigenvalue weighted by Gasteiger charge is 2.32. The molecule has 1 heterocycles. The molecule has 0 bridgehead atoms. The van der Waals surface area contributed by atoms with E-state index in [0.29, 0.717) is 6.54 Å². The number of aryl methyl sites for hydroxylation is 1. The van der Waals surface area contributed by atoms with Crippen LogP contribution in [0.25, 0.3) is 0 Å². The zero-order valence-electron chi connectivity index (χ0n) is 12.9. The molecule has 0 aliphatic heterocycles. The van der Waals surface area contributed by atoms with Crippen LogP contribution < -0.4 is 10.1 Å². The van der Waals surface area contributed by atoms with Gasteiger partial charge in [0.05, 0.1) is 19.1 Å². The van der Waals surface area contributed by atoms with Crippen molar-refractivity contribution < 1.29 is 9.53 Å². The van der Waals surface area contributed by atoms with Gasteiger partial charge in [-0.3, -0.25) is 4.79 Å². The highest BCUT2D eigenvalue weighted by atomic mass is 16.5. The van der Waals surface area contributed by atoms with E-state index >= 15 is 0 Å². The number of rotatable bonds is 5. The first-order chi connectivity index (χ1) is 9.96. The number of ether oxygens (including phenoxy) is 1. The maximum atomic E-state index is 12.5. The minimum Gasteiger partial charge on any atom is -0.496 e. The second-order valence-electron chi connectivity index (χ2n) is 5.46. The molecule has 0 aliphatic carbocycles. The van der Waals surface area contributed by atoms with E-state index in [9.17, 15) is 4.79 Å². The summed E-state index contributed by atoms with van der Waals surface area (Å²) in [4.78, 5) is 16.7. The van der Waals surface area contributed by atoms with E-state index in [1.165, 1.54) is 0 Å². The van der Waals surface area contributed by atoms with Crippen LogP contribution in [0.15, 0.2) is 36.7 Å². The fourth-order valence-corrected chi connectivity index (χ4v) is 2.23. The first-order valence-corrected chi connectivity index (χ1v) is 6.85. The van der Waals surface area contributed by atoms with Crippen LogP contribution >= 0.6 is 0 Å². The van der Waals surface area contributed by atoms with Gasteiger partial charge in [-0.1, -0.05) is 18.2 Å². The van der Waals surface area contributed by atoms with Crippen molar-refractivity contribution in [2.24, 2.45) is 7.05 Å². The molecule has 1 amide bonds. The summed E-state index contributed by atoms with van der Waals surface area (Å²) in [6.45, 7) is 4.18. The van der Waals surface area contributed by atoms with Crippen molar-refractivity contribution in [3.8, 4) is 5.75 Å². The van der Waals surface area contributed by atoms with E-state index in [-0.39, 0.29) is 5.91 Å². The Hall–Kier alpha value is -2.30. The molecule has 2 rings (SSSR count). The molecule has 1 aromatic heterocycles. The Labute approximate surface area is 125 Å². The number of methoxy groups -OCH3 is 1. The summed E-state index contributed by atoms with van der Waals surface area (Å²) in [5.74, 6) is 1.48. The summed E-state index contributed by atoms with van der Waals surface area (Å²) in [6.07, 6.45) is 3.57. The Balaban J connectivity index is 2.15. The third-order valence-electron chi connectivity index (χ3n) is 3.68. The van der Waals surface area contributed by atoms with Crippen molar-refractivity contribution in [3.05, 3.63) is 48.0 Å². The van der Waals surface area contributed by atoms with Crippen LogP contribution in [0.2, 0.25) is 0 Å². The molecule has 0 radical (unpaired) electrons. The van der Waals surface area contributed by atoms with Gasteiger partial charge in [0.25, 0.3) is 0 Å². The standard InChI is InChI=1S/C16H21N3O2/c1-16(2,12-7-5-6-8-13(12)21-4)15(20)18-11-14-17-9-10-19(14)3/h5-10H,11H2,1-4H3,(H,18,20). The van der Waals surface area contributed by atoms with Crippen molar-refractivity contribution in [2.45, 2.75) is 25.8 Å². The summed E-state index contributed by atoms with van der Waals surface area (Å²) in [6, 6.07) is 7.58. The van der Waals surface area contributed by atoms with Gasteiger partial charge in [0, 0.05) is 25.0 Å². The molecule has 0 fully saturated rings. The average Bonchev–Trinajstić information content (AvgIpc) is 2.89. The first kappa shape index (κ1) is 15.1. The fraction of sp³-hybridized carbons (Fsp3) is 0.375. The molecule has 0 saturated heterocycles. The quantitative estimate of drug-likeness (QED) is 0.915. The van der Waals surface area contributed by atoms with E-state index in [1.54, 1.807) is 13.3 Å². The third-order valence-corrected chi connectivity index (χ3v) is 3.68. The van der Waals surface area contributed by atoms with Crippen molar-refractivity contribution >= 4 is 5.91 Å². The van der Waals surface area contributed by atoms with Crippen molar-refractivity contribution in [3.63, 3.8) is 0 Å². The molecular formula is C16H21N3O2. The Kier molecular flexibility index (Phi) is 4.31. The van der Waals surface area contributed by atoms with Crippen LogP contribution in [0.3, 0.4) is 0 Å². The number of hydrogen-bond acceptors (Lipinski definition) is 3. The first-order valence-electron chi connectivity index (χ1n) is 6.85. The molecule has 21 heavy (non-hydrogen) atoms. The molecule has 112 valence electrons. The van der Waals surface area contributed by atoms with Crippen molar-refractivity contribution in [1.82, 2.24) is 14.9 Å². The molecule has 0 atom stereocenters. The van der Waals surface area contributed by atoms with Crippen LogP contribution in [0.5, 0.6) is 5.75 Å². The average molecular weight is 287 g/mol. The predicted molar refractivity (Wildman–Crippen MR) is 81.1 cm³/mol. The van der Waals surface area contributed by atoms with Crippen LogP contribution in [-0.2, 0) is 23.8 Å². The lowest BCUT2D eigenvalue weighted by molar-refractivity contribution is -0.125. The minimum atomic E-state index is -0.683. The molecule has 0 unspecified atom stereocenters. The molecule has 1 N–H and O–H groups in total. The summed E-state index contributed by atoms with van der Waals surface area (Å²) < 4.78 is 7.24. The monoisotopic (exact) mass is 287 g/mol. The zero-order chi connectivity index (χ0) is 15.5. The number of para-hydroxylation sites is 1. The molecule has 2 aromatic rings. The lowest BCUT2D eigenvalue weighted by atomic mass is 9.83. The maximum Gasteiger partial charge on any atom is 0.230 e. The molecule has 0 aliphatic rings. The second kappa shape index (κ2) is 5.99. The molecule has 1 aromatic carbocycles. The number of imidazole rings is 1. The van der Waals surface area contributed by atoms with Crippen LogP contribution in [0.4, 0.5) is 0 Å². The van der Waals surface area contributed by atoms with Gasteiger partial charge in [-0.2, -0.15) is 0 Å². The Morgan fingerprint density at radius 2 is 2.10 bits per heavy atom. The number of carbonyl (C=O) groups is 1. The summed E-state index contributed by atoms with van der Waals surface area (Å²) >= 11 is 0. The molecular weight excluding hydrogens is 266 g/mol. The maximum absolute atomic E-state index is 12.5. The number of nitrogens with zero attached hydrogens (tertiary/aromatic N) is 2. The number of carbonyl (C=O) groups excluding carboxylic acids is 1. The number of benzene rings is 1. The van der Waals surface area contributed by atoms with Gasteiger partial charge in [0.1, 0.15) is 11.6 Å². The number of nitrogens with one attached hydrogen (secondary N) is 1. The Bertz CT molecular complexity index is 632. The lowest BCUT2D eigenvalue weighted by Crippen LogP contribution is -2.40. The predicted octanol–water partition coefficient (Wildman–Crippen LogP) is 2.02. The largest absolute Gasteiger partial charge is 0.496 e.